The fourth-order valence-electron chi connectivity index (χ4n) is 1.67. The van der Waals surface area contributed by atoms with E-state index in [0.717, 1.165) is 10.7 Å². The van der Waals surface area contributed by atoms with Crippen LogP contribution in [0.3, 0.4) is 0 Å². The van der Waals surface area contributed by atoms with Crippen molar-refractivity contribution in [3.8, 4) is 0 Å². The Kier molecular flexibility index (Phi) is 5.58. The second-order valence-electron chi connectivity index (χ2n) is 3.91. The Morgan fingerprint density at radius 2 is 2.24 bits per heavy atom. The van der Waals surface area contributed by atoms with Gasteiger partial charge < -0.3 is 10.1 Å². The smallest absolute Gasteiger partial charge is 0.307 e. The molecule has 0 aromatic carbocycles. The number of hydrogen-bond acceptors (Lipinski definition) is 5. The Labute approximate surface area is 106 Å². The molecule has 17 heavy (non-hydrogen) atoms. The van der Waals surface area contributed by atoms with Gasteiger partial charge in [-0.05, 0) is 27.7 Å². The van der Waals surface area contributed by atoms with Crippen molar-refractivity contribution < 1.29 is 9.53 Å². The molecule has 0 saturated heterocycles. The molecule has 1 atom stereocenters. The molecule has 0 radical (unpaired) electrons. The van der Waals surface area contributed by atoms with Crippen LogP contribution in [0, 0.1) is 13.8 Å². The first-order chi connectivity index (χ1) is 8.04. The van der Waals surface area contributed by atoms with Gasteiger partial charge in [-0.15, -0.1) is 11.3 Å². The number of ether oxygens (including phenoxy) is 1. The molecule has 1 aromatic rings. The molecule has 1 rings (SSSR count). The highest BCUT2D eigenvalue weighted by molar-refractivity contribution is 7.11. The maximum absolute atomic E-state index is 11.2. The number of carbonyl (C=O) groups excluding carboxylic acids is 1. The van der Waals surface area contributed by atoms with Crippen LogP contribution in [0.2, 0.25) is 0 Å². The van der Waals surface area contributed by atoms with E-state index in [2.05, 4.69) is 17.2 Å². The molecule has 1 aromatic heterocycles. The molecule has 0 spiro atoms. The minimum Gasteiger partial charge on any atom is -0.466 e. The predicted octanol–water partition coefficient (Wildman–Crippen LogP) is 2.36. The van der Waals surface area contributed by atoms with Gasteiger partial charge in [-0.2, -0.15) is 0 Å². The molecule has 1 unspecified atom stereocenters. The van der Waals surface area contributed by atoms with Crippen LogP contribution in [0.25, 0.3) is 0 Å². The van der Waals surface area contributed by atoms with Crippen LogP contribution in [0.5, 0.6) is 0 Å². The molecule has 5 heteroatoms. The first-order valence-corrected chi connectivity index (χ1v) is 6.69. The van der Waals surface area contributed by atoms with Gasteiger partial charge in [0, 0.05) is 17.5 Å². The lowest BCUT2D eigenvalue weighted by atomic mass is 10.2. The SMILES string of the molecule is CCOC(=O)CCNC(C)c1sc(C)nc1C. The quantitative estimate of drug-likeness (QED) is 0.794. The lowest BCUT2D eigenvalue weighted by Gasteiger charge is -2.12. The van der Waals surface area contributed by atoms with E-state index < -0.39 is 0 Å². The number of nitrogens with zero attached hydrogens (tertiary/aromatic N) is 1. The topological polar surface area (TPSA) is 51.2 Å². The molecule has 0 saturated carbocycles. The summed E-state index contributed by atoms with van der Waals surface area (Å²) in [6.07, 6.45) is 0.412. The van der Waals surface area contributed by atoms with Crippen LogP contribution in [-0.4, -0.2) is 24.1 Å². The summed E-state index contributed by atoms with van der Waals surface area (Å²) < 4.78 is 4.87. The molecule has 0 fully saturated rings. The first kappa shape index (κ1) is 14.1. The summed E-state index contributed by atoms with van der Waals surface area (Å²) in [6.45, 7) is 9.01. The summed E-state index contributed by atoms with van der Waals surface area (Å²) in [5.74, 6) is -0.149. The van der Waals surface area contributed by atoms with Crippen LogP contribution in [0.4, 0.5) is 0 Å². The maximum Gasteiger partial charge on any atom is 0.307 e. The zero-order valence-electron chi connectivity index (χ0n) is 10.9. The zero-order valence-corrected chi connectivity index (χ0v) is 11.7. The number of aryl methyl sites for hydroxylation is 2. The predicted molar refractivity (Wildman–Crippen MR) is 69.3 cm³/mol. The number of esters is 1. The van der Waals surface area contributed by atoms with E-state index in [0.29, 0.717) is 19.6 Å². The van der Waals surface area contributed by atoms with Gasteiger partial charge >= 0.3 is 5.97 Å². The van der Waals surface area contributed by atoms with Crippen LogP contribution >= 0.6 is 11.3 Å². The number of carbonyl (C=O) groups is 1. The monoisotopic (exact) mass is 256 g/mol. The second-order valence-corrected chi connectivity index (χ2v) is 5.15. The van der Waals surface area contributed by atoms with E-state index >= 15 is 0 Å². The van der Waals surface area contributed by atoms with Gasteiger partial charge in [0.05, 0.1) is 23.7 Å². The summed E-state index contributed by atoms with van der Waals surface area (Å²) in [5.41, 5.74) is 1.07. The Hall–Kier alpha value is -0.940. The van der Waals surface area contributed by atoms with Crippen molar-refractivity contribution in [1.29, 1.82) is 0 Å². The number of nitrogens with one attached hydrogen (secondary N) is 1. The molecular weight excluding hydrogens is 236 g/mol. The summed E-state index contributed by atoms with van der Waals surface area (Å²) >= 11 is 1.70. The van der Waals surface area contributed by atoms with Crippen LogP contribution in [0.15, 0.2) is 0 Å². The molecule has 4 nitrogen and oxygen atoms in total. The highest BCUT2D eigenvalue weighted by Crippen LogP contribution is 2.24. The first-order valence-electron chi connectivity index (χ1n) is 5.87. The second kappa shape index (κ2) is 6.71. The third-order valence-electron chi connectivity index (χ3n) is 2.42. The van der Waals surface area contributed by atoms with Crippen LogP contribution in [-0.2, 0) is 9.53 Å². The lowest BCUT2D eigenvalue weighted by Crippen LogP contribution is -2.22. The molecule has 0 aliphatic carbocycles. The van der Waals surface area contributed by atoms with Crippen molar-refractivity contribution in [3.05, 3.63) is 15.6 Å². The Morgan fingerprint density at radius 1 is 1.53 bits per heavy atom. The summed E-state index contributed by atoms with van der Waals surface area (Å²) in [5, 5.41) is 4.39. The standard InChI is InChI=1S/C12H20N2O2S/c1-5-16-11(15)6-7-13-8(2)12-9(3)14-10(4)17-12/h8,13H,5-7H2,1-4H3. The van der Waals surface area contributed by atoms with Crippen molar-refractivity contribution in [1.82, 2.24) is 10.3 Å². The van der Waals surface area contributed by atoms with Gasteiger partial charge in [0.1, 0.15) is 0 Å². The third kappa shape index (κ3) is 4.44. The molecule has 1 N–H and O–H groups in total. The average Bonchev–Trinajstić information content (AvgIpc) is 2.58. The molecule has 0 bridgehead atoms. The largest absolute Gasteiger partial charge is 0.466 e. The summed E-state index contributed by atoms with van der Waals surface area (Å²) in [4.78, 5) is 16.8. The molecule has 0 aliphatic heterocycles. The molecule has 0 aliphatic rings. The fraction of sp³-hybridized carbons (Fsp3) is 0.667. The minimum absolute atomic E-state index is 0.149. The molecule has 1 heterocycles. The van der Waals surface area contributed by atoms with E-state index in [1.165, 1.54) is 4.88 Å². The number of rotatable bonds is 6. The van der Waals surface area contributed by atoms with Crippen LogP contribution < -0.4 is 5.32 Å². The van der Waals surface area contributed by atoms with E-state index in [9.17, 15) is 4.79 Å². The average molecular weight is 256 g/mol. The highest BCUT2D eigenvalue weighted by Gasteiger charge is 2.12. The Morgan fingerprint density at radius 3 is 2.76 bits per heavy atom. The van der Waals surface area contributed by atoms with Gasteiger partial charge in [-0.25, -0.2) is 4.98 Å². The Balaban J connectivity index is 2.37. The zero-order chi connectivity index (χ0) is 12.8. The summed E-state index contributed by atoms with van der Waals surface area (Å²) in [6, 6.07) is 0.232. The van der Waals surface area contributed by atoms with E-state index in [1.807, 2.05) is 20.8 Å². The van der Waals surface area contributed by atoms with Gasteiger partial charge in [0.15, 0.2) is 0 Å². The summed E-state index contributed by atoms with van der Waals surface area (Å²) in [7, 11) is 0. The van der Waals surface area contributed by atoms with Crippen molar-refractivity contribution in [3.63, 3.8) is 0 Å². The molecular formula is C12H20N2O2S. The third-order valence-corrected chi connectivity index (χ3v) is 3.67. The van der Waals surface area contributed by atoms with Crippen molar-refractivity contribution in [2.24, 2.45) is 0 Å². The molecule has 0 amide bonds. The number of aromatic nitrogens is 1. The lowest BCUT2D eigenvalue weighted by molar-refractivity contribution is -0.142. The van der Waals surface area contributed by atoms with Crippen molar-refractivity contribution in [2.75, 3.05) is 13.2 Å². The van der Waals surface area contributed by atoms with E-state index in [-0.39, 0.29) is 12.0 Å². The van der Waals surface area contributed by atoms with Crippen molar-refractivity contribution >= 4 is 17.3 Å². The highest BCUT2D eigenvalue weighted by atomic mass is 32.1. The minimum atomic E-state index is -0.149. The Bertz CT molecular complexity index is 377. The van der Waals surface area contributed by atoms with Gasteiger partial charge in [-0.3, -0.25) is 4.79 Å². The molecule has 96 valence electrons. The number of thiazole rings is 1. The fourth-order valence-corrected chi connectivity index (χ4v) is 2.62. The van der Waals surface area contributed by atoms with Crippen LogP contribution in [0.1, 0.15) is 41.9 Å². The maximum atomic E-state index is 11.2. The van der Waals surface area contributed by atoms with E-state index in [1.54, 1.807) is 11.3 Å². The van der Waals surface area contributed by atoms with Gasteiger partial charge in [-0.1, -0.05) is 0 Å². The normalized spacial score (nSPS) is 12.5. The van der Waals surface area contributed by atoms with Gasteiger partial charge in [0.25, 0.3) is 0 Å². The van der Waals surface area contributed by atoms with E-state index in [4.69, 9.17) is 4.74 Å². The van der Waals surface area contributed by atoms with Gasteiger partial charge in [0.2, 0.25) is 0 Å². The van der Waals surface area contributed by atoms with Crippen molar-refractivity contribution in [2.45, 2.75) is 40.2 Å². The number of hydrogen-bond donors (Lipinski definition) is 1.